The number of hydrogen-bond acceptors (Lipinski definition) is 9. The summed E-state index contributed by atoms with van der Waals surface area (Å²) in [7, 11) is 0. The summed E-state index contributed by atoms with van der Waals surface area (Å²) in [4.78, 5) is 59.5. The summed E-state index contributed by atoms with van der Waals surface area (Å²) in [5, 5.41) is 12.8. The quantitative estimate of drug-likeness (QED) is 0.159. The van der Waals surface area contributed by atoms with E-state index in [0.29, 0.717) is 52.6 Å². The average Bonchev–Trinajstić information content (AvgIpc) is 3.43. The van der Waals surface area contributed by atoms with Gasteiger partial charge in [-0.2, -0.15) is 5.26 Å². The van der Waals surface area contributed by atoms with Crippen LogP contribution in [-0.4, -0.2) is 79.1 Å². The zero-order valence-corrected chi connectivity index (χ0v) is 33.5. The maximum absolute atomic E-state index is 13.7. The second-order valence-corrected chi connectivity index (χ2v) is 16.6. The molecule has 2 fully saturated rings. The van der Waals surface area contributed by atoms with Crippen LogP contribution < -0.4 is 30.1 Å². The largest absolute Gasteiger partial charge is 0.492 e. The smallest absolute Gasteiger partial charge is 0.284 e. The van der Waals surface area contributed by atoms with Crippen molar-refractivity contribution in [2.24, 2.45) is 10.8 Å². The number of nitriles is 1. The molecule has 58 heavy (non-hydrogen) atoms. The summed E-state index contributed by atoms with van der Waals surface area (Å²) in [6.07, 6.45) is -0.209. The molecule has 2 N–H and O–H groups in total. The second kappa shape index (κ2) is 15.2. The Morgan fingerprint density at radius 3 is 2.19 bits per heavy atom. The van der Waals surface area contributed by atoms with Crippen molar-refractivity contribution in [3.63, 3.8) is 0 Å². The molecule has 0 unspecified atom stereocenters. The lowest BCUT2D eigenvalue weighted by Gasteiger charge is -2.63. The number of hydrogen-bond donors (Lipinski definition) is 2. The number of pyridine rings is 1. The number of rotatable bonds is 11. The number of carbonyl (C=O) groups is 3. The summed E-state index contributed by atoms with van der Waals surface area (Å²) < 4.78 is 39.7. The number of fused-ring (bicyclic) bond motifs is 1. The minimum absolute atomic E-state index is 0.0602. The zero-order valence-electron chi connectivity index (χ0n) is 32.7. The van der Waals surface area contributed by atoms with Gasteiger partial charge in [-0.05, 0) is 66.7 Å². The molecule has 2 aliphatic heterocycles. The van der Waals surface area contributed by atoms with Gasteiger partial charge in [0.05, 0.1) is 27.4 Å². The summed E-state index contributed by atoms with van der Waals surface area (Å²) >= 11 is 6.23. The van der Waals surface area contributed by atoms with Crippen LogP contribution in [-0.2, 0) is 5.92 Å². The molecule has 3 aromatic carbocycles. The predicted octanol–water partition coefficient (Wildman–Crippen LogP) is 6.63. The highest BCUT2D eigenvalue weighted by atomic mass is 35.5. The summed E-state index contributed by atoms with van der Waals surface area (Å²) in [5.74, 6) is -3.97. The van der Waals surface area contributed by atoms with Gasteiger partial charge in [0.25, 0.3) is 29.2 Å². The number of alkyl halides is 2. The number of H-pyrrole nitrogens is 1. The minimum Gasteiger partial charge on any atom is -0.492 e. The van der Waals surface area contributed by atoms with Crippen LogP contribution in [0.3, 0.4) is 0 Å². The Morgan fingerprint density at radius 2 is 1.57 bits per heavy atom. The number of benzene rings is 3. The first-order chi connectivity index (χ1) is 27.4. The van der Waals surface area contributed by atoms with Crippen LogP contribution in [0.15, 0.2) is 77.6 Å². The Balaban J connectivity index is 0.879. The van der Waals surface area contributed by atoms with Gasteiger partial charge in [-0.3, -0.25) is 24.1 Å². The molecule has 4 aromatic rings. The van der Waals surface area contributed by atoms with Crippen LogP contribution in [0.1, 0.15) is 77.0 Å². The Labute approximate surface area is 339 Å². The van der Waals surface area contributed by atoms with E-state index < -0.39 is 29.0 Å². The first-order valence-corrected chi connectivity index (χ1v) is 19.3. The lowest BCUT2D eigenvalue weighted by atomic mass is 9.49. The van der Waals surface area contributed by atoms with E-state index in [-0.39, 0.29) is 45.7 Å². The van der Waals surface area contributed by atoms with Crippen LogP contribution in [0.25, 0.3) is 0 Å². The van der Waals surface area contributed by atoms with E-state index in [2.05, 4.69) is 53.9 Å². The third kappa shape index (κ3) is 7.52. The predicted molar refractivity (Wildman–Crippen MR) is 214 cm³/mol. The van der Waals surface area contributed by atoms with Crippen LogP contribution in [0.5, 0.6) is 11.5 Å². The number of aromatic amines is 1. The third-order valence-corrected chi connectivity index (χ3v) is 11.7. The van der Waals surface area contributed by atoms with Gasteiger partial charge < -0.3 is 24.7 Å². The Hall–Kier alpha value is -5.78. The Morgan fingerprint density at radius 1 is 0.914 bits per heavy atom. The molecule has 15 heteroatoms. The summed E-state index contributed by atoms with van der Waals surface area (Å²) in [6, 6.07) is 21.0. The standard InChI is InChI=1S/C43H43ClF2N6O6/c1-41(2)39(42(3,4)40(41)58-29-11-8-26(24-47)32(44)23-29)49-35(53)25-6-9-27(10-7-25)51-18-16-50(17-19-51)20-21-57-28-12-13-30-31(22-28)38(56)52(37(30)55)33-14-15-34(43(5,45)46)48-36(33)54/h6-15,22-23,39-40H,16-21H2,1-5H3,(H,48,54)(H,49,53). The monoisotopic (exact) mass is 812 g/mol. The van der Waals surface area contributed by atoms with Crippen molar-refractivity contribution in [1.29, 1.82) is 5.26 Å². The molecule has 1 saturated carbocycles. The maximum atomic E-state index is 13.7. The van der Waals surface area contributed by atoms with Crippen molar-refractivity contribution in [2.45, 2.75) is 52.7 Å². The highest BCUT2D eigenvalue weighted by molar-refractivity contribution is 6.34. The Bertz CT molecular complexity index is 2360. The number of amides is 3. The fraction of sp³-hybridized carbons (Fsp3) is 0.372. The molecule has 7 rings (SSSR count). The molecule has 3 amide bonds. The molecular weight excluding hydrogens is 770 g/mol. The number of nitrogens with zero attached hydrogens (tertiary/aromatic N) is 4. The molecule has 3 heterocycles. The van der Waals surface area contributed by atoms with E-state index in [1.165, 1.54) is 12.1 Å². The SMILES string of the molecule is CC(F)(F)c1ccc(N2C(=O)c3ccc(OCCN4CCN(c5ccc(C(=O)NC6C(C)(C)C(Oc7ccc(C#N)c(Cl)c7)C6(C)C)cc5)CC4)cc3C2=O)c(=O)[nH]1. The molecule has 12 nitrogen and oxygen atoms in total. The molecule has 0 radical (unpaired) electrons. The third-order valence-electron chi connectivity index (χ3n) is 11.4. The molecule has 1 saturated heterocycles. The van der Waals surface area contributed by atoms with E-state index in [4.69, 9.17) is 21.1 Å². The fourth-order valence-corrected chi connectivity index (χ4v) is 8.80. The van der Waals surface area contributed by atoms with Crippen molar-refractivity contribution in [2.75, 3.05) is 49.1 Å². The van der Waals surface area contributed by atoms with E-state index >= 15 is 0 Å². The molecular formula is C43H43ClF2N6O6. The average molecular weight is 813 g/mol. The molecule has 1 aliphatic carbocycles. The number of aromatic nitrogens is 1. The number of ether oxygens (including phenoxy) is 2. The van der Waals surface area contributed by atoms with Crippen LogP contribution >= 0.6 is 11.6 Å². The molecule has 0 bridgehead atoms. The van der Waals surface area contributed by atoms with Gasteiger partial charge in [-0.1, -0.05) is 39.3 Å². The van der Waals surface area contributed by atoms with E-state index in [1.54, 1.807) is 24.3 Å². The number of piperazine rings is 1. The first-order valence-electron chi connectivity index (χ1n) is 18.9. The number of imide groups is 1. The van der Waals surface area contributed by atoms with Crippen LogP contribution in [0.2, 0.25) is 5.02 Å². The van der Waals surface area contributed by atoms with Crippen molar-refractivity contribution >= 4 is 40.7 Å². The zero-order chi connectivity index (χ0) is 41.7. The Kier molecular flexibility index (Phi) is 10.6. The van der Waals surface area contributed by atoms with Gasteiger partial charge in [0, 0.05) is 73.8 Å². The number of nitrogens with one attached hydrogen (secondary N) is 2. The molecule has 0 spiro atoms. The van der Waals surface area contributed by atoms with Gasteiger partial charge in [0.2, 0.25) is 0 Å². The highest BCUT2D eigenvalue weighted by Gasteiger charge is 2.64. The number of halogens is 3. The lowest BCUT2D eigenvalue weighted by molar-refractivity contribution is -0.164. The van der Waals surface area contributed by atoms with Crippen molar-refractivity contribution in [3.8, 4) is 17.6 Å². The van der Waals surface area contributed by atoms with Crippen LogP contribution in [0.4, 0.5) is 20.2 Å². The van der Waals surface area contributed by atoms with Crippen molar-refractivity contribution < 1.29 is 32.6 Å². The highest BCUT2D eigenvalue weighted by Crippen LogP contribution is 2.55. The van der Waals surface area contributed by atoms with Gasteiger partial charge in [-0.25, -0.2) is 13.7 Å². The maximum Gasteiger partial charge on any atom is 0.284 e. The van der Waals surface area contributed by atoms with Crippen molar-refractivity contribution in [1.82, 2.24) is 15.2 Å². The molecule has 1 aromatic heterocycles. The topological polar surface area (TPSA) is 148 Å². The number of carbonyl (C=O) groups excluding carboxylic acids is 3. The van der Waals surface area contributed by atoms with Crippen molar-refractivity contribution in [3.05, 3.63) is 116 Å². The summed E-state index contributed by atoms with van der Waals surface area (Å²) in [5.41, 5.74) is -0.602. The van der Waals surface area contributed by atoms with E-state index in [0.717, 1.165) is 44.0 Å². The van der Waals surface area contributed by atoms with E-state index in [1.807, 2.05) is 24.3 Å². The van der Waals surface area contributed by atoms with Gasteiger partial charge >= 0.3 is 0 Å². The number of anilines is 2. The minimum atomic E-state index is -3.30. The van der Waals surface area contributed by atoms with Crippen LogP contribution in [0, 0.1) is 22.2 Å². The van der Waals surface area contributed by atoms with Gasteiger partial charge in [-0.15, -0.1) is 0 Å². The first kappa shape index (κ1) is 40.4. The van der Waals surface area contributed by atoms with Gasteiger partial charge in [0.1, 0.15) is 36.0 Å². The van der Waals surface area contributed by atoms with E-state index in [9.17, 15) is 33.2 Å². The fourth-order valence-electron chi connectivity index (χ4n) is 8.58. The molecule has 302 valence electrons. The molecule has 3 aliphatic rings. The molecule has 0 atom stereocenters. The lowest BCUT2D eigenvalue weighted by Crippen LogP contribution is -2.74. The summed E-state index contributed by atoms with van der Waals surface area (Å²) in [6.45, 7) is 12.9. The normalized spacial score (nSPS) is 19.9. The second-order valence-electron chi connectivity index (χ2n) is 16.2. The van der Waals surface area contributed by atoms with Gasteiger partial charge in [0.15, 0.2) is 0 Å².